The maximum absolute atomic E-state index is 12.2. The van der Waals surface area contributed by atoms with Gasteiger partial charge in [0.05, 0.1) is 17.3 Å². The average molecular weight is 402 g/mol. The van der Waals surface area contributed by atoms with E-state index >= 15 is 0 Å². The minimum absolute atomic E-state index is 0.0608. The Kier molecular flexibility index (Phi) is 5.31. The van der Waals surface area contributed by atoms with Crippen LogP contribution in [-0.4, -0.2) is 22.2 Å². The summed E-state index contributed by atoms with van der Waals surface area (Å²) < 4.78 is 47.2. The van der Waals surface area contributed by atoms with E-state index in [9.17, 15) is 18.0 Å². The first-order chi connectivity index (χ1) is 12.7. The van der Waals surface area contributed by atoms with Crippen molar-refractivity contribution in [3.63, 3.8) is 0 Å². The third-order valence-corrected chi connectivity index (χ3v) is 3.91. The quantitative estimate of drug-likeness (QED) is 0.646. The lowest BCUT2D eigenvalue weighted by Gasteiger charge is -2.06. The van der Waals surface area contributed by atoms with E-state index in [2.05, 4.69) is 15.5 Å². The van der Waals surface area contributed by atoms with Gasteiger partial charge >= 0.3 is 6.18 Å². The van der Waals surface area contributed by atoms with E-state index in [0.29, 0.717) is 27.7 Å². The van der Waals surface area contributed by atoms with Crippen LogP contribution in [0.4, 0.5) is 13.2 Å². The molecule has 144 valence electrons. The Bertz CT molecular complexity index is 965. The molecule has 2 heterocycles. The number of benzene rings is 1. The van der Waals surface area contributed by atoms with Crippen molar-refractivity contribution in [2.24, 2.45) is 0 Å². The van der Waals surface area contributed by atoms with Crippen molar-refractivity contribution in [3.05, 3.63) is 46.4 Å². The molecule has 0 aliphatic heterocycles. The number of hydrogen-bond donors (Lipinski definition) is 2. The van der Waals surface area contributed by atoms with Gasteiger partial charge in [0.1, 0.15) is 18.8 Å². The molecule has 0 fully saturated rings. The summed E-state index contributed by atoms with van der Waals surface area (Å²) in [6.45, 7) is 1.88. The summed E-state index contributed by atoms with van der Waals surface area (Å²) in [7, 11) is 0. The maximum Gasteiger partial charge on any atom is 0.397 e. The Morgan fingerprint density at radius 2 is 2.11 bits per heavy atom. The zero-order chi connectivity index (χ0) is 19.6. The molecule has 27 heavy (non-hydrogen) atoms. The summed E-state index contributed by atoms with van der Waals surface area (Å²) in [4.78, 5) is 14.3. The maximum atomic E-state index is 12.2. The highest BCUT2D eigenvalue weighted by Gasteiger charge is 2.31. The third-order valence-electron chi connectivity index (χ3n) is 3.61. The van der Waals surface area contributed by atoms with Gasteiger partial charge in [-0.25, -0.2) is 0 Å². The molecule has 6 nitrogen and oxygen atoms in total. The van der Waals surface area contributed by atoms with E-state index in [-0.39, 0.29) is 13.2 Å². The zero-order valence-electron chi connectivity index (χ0n) is 14.1. The Hall–Kier alpha value is -2.68. The normalized spacial score (nSPS) is 11.7. The first-order valence-corrected chi connectivity index (χ1v) is 8.27. The molecular formula is C17H15ClF3N3O3. The summed E-state index contributed by atoms with van der Waals surface area (Å²) in [6, 6.07) is 6.76. The van der Waals surface area contributed by atoms with E-state index in [4.69, 9.17) is 20.9 Å². The molecule has 3 aromatic rings. The molecule has 10 heteroatoms. The number of ether oxygens (including phenoxy) is 1. The van der Waals surface area contributed by atoms with Gasteiger partial charge in [0, 0.05) is 28.7 Å². The highest BCUT2D eigenvalue weighted by molar-refractivity contribution is 6.32. The van der Waals surface area contributed by atoms with Crippen LogP contribution in [0.2, 0.25) is 5.02 Å². The summed E-state index contributed by atoms with van der Waals surface area (Å²) in [6.07, 6.45) is -6.05. The largest absolute Gasteiger partial charge is 0.484 e. The molecular weight excluding hydrogens is 387 g/mol. The average Bonchev–Trinajstić information content (AvgIpc) is 3.14. The number of carbonyl (C=O) groups is 1. The molecule has 0 aliphatic rings. The van der Waals surface area contributed by atoms with E-state index < -0.39 is 18.5 Å². The van der Waals surface area contributed by atoms with Crippen LogP contribution in [0.25, 0.3) is 10.9 Å². The fraction of sp³-hybridized carbons (Fsp3) is 0.294. The second-order valence-electron chi connectivity index (χ2n) is 5.96. The number of carbonyl (C=O) groups excluding carboxylic acids is 1. The summed E-state index contributed by atoms with van der Waals surface area (Å²) >= 11 is 6.20. The lowest BCUT2D eigenvalue weighted by Crippen LogP contribution is -2.28. The van der Waals surface area contributed by atoms with E-state index in [1.807, 2.05) is 0 Å². The SMILES string of the molecule is Cc1cc(COc2cc3[nH]c(CNC(=O)CC(F)(F)F)cc3cc2Cl)on1. The predicted octanol–water partition coefficient (Wildman–Crippen LogP) is 4.27. The predicted molar refractivity (Wildman–Crippen MR) is 91.4 cm³/mol. The first kappa shape index (κ1) is 19.1. The second-order valence-corrected chi connectivity index (χ2v) is 6.36. The number of aromatic amines is 1. The molecule has 0 spiro atoms. The van der Waals surface area contributed by atoms with Gasteiger partial charge in [-0.2, -0.15) is 13.2 Å². The van der Waals surface area contributed by atoms with Crippen molar-refractivity contribution < 1.29 is 27.2 Å². The van der Waals surface area contributed by atoms with Gasteiger partial charge in [-0.1, -0.05) is 16.8 Å². The topological polar surface area (TPSA) is 80.1 Å². The van der Waals surface area contributed by atoms with Crippen LogP contribution < -0.4 is 10.1 Å². The fourth-order valence-corrected chi connectivity index (χ4v) is 2.70. The molecule has 1 amide bonds. The first-order valence-electron chi connectivity index (χ1n) is 7.89. The number of hydrogen-bond acceptors (Lipinski definition) is 4. The Morgan fingerprint density at radius 3 is 2.78 bits per heavy atom. The fourth-order valence-electron chi connectivity index (χ4n) is 2.47. The van der Waals surface area contributed by atoms with Crippen LogP contribution in [0.1, 0.15) is 23.6 Å². The molecule has 0 bridgehead atoms. The molecule has 0 unspecified atom stereocenters. The zero-order valence-corrected chi connectivity index (χ0v) is 14.9. The minimum atomic E-state index is -4.54. The second kappa shape index (κ2) is 7.51. The number of halogens is 4. The van der Waals surface area contributed by atoms with Crippen LogP contribution in [-0.2, 0) is 17.9 Å². The van der Waals surface area contributed by atoms with E-state index in [0.717, 1.165) is 11.1 Å². The van der Waals surface area contributed by atoms with Gasteiger partial charge in [-0.05, 0) is 19.1 Å². The number of nitrogens with one attached hydrogen (secondary N) is 2. The number of fused-ring (bicyclic) bond motifs is 1. The van der Waals surface area contributed by atoms with Crippen molar-refractivity contribution in [1.82, 2.24) is 15.5 Å². The van der Waals surface area contributed by atoms with Crippen LogP contribution in [0, 0.1) is 6.92 Å². The van der Waals surface area contributed by atoms with Crippen molar-refractivity contribution >= 4 is 28.4 Å². The Labute approximate surface area is 156 Å². The number of alkyl halides is 3. The lowest BCUT2D eigenvalue weighted by molar-refractivity contribution is -0.153. The number of amides is 1. The molecule has 1 aromatic carbocycles. The van der Waals surface area contributed by atoms with Crippen molar-refractivity contribution in [2.75, 3.05) is 0 Å². The Morgan fingerprint density at radius 1 is 1.33 bits per heavy atom. The molecule has 0 radical (unpaired) electrons. The summed E-state index contributed by atoms with van der Waals surface area (Å²) in [5, 5.41) is 7.09. The number of H-pyrrole nitrogens is 1. The molecule has 0 saturated heterocycles. The highest BCUT2D eigenvalue weighted by atomic mass is 35.5. The van der Waals surface area contributed by atoms with E-state index in [1.54, 1.807) is 31.2 Å². The van der Waals surface area contributed by atoms with Gasteiger partial charge < -0.3 is 19.6 Å². The monoisotopic (exact) mass is 401 g/mol. The van der Waals surface area contributed by atoms with Crippen molar-refractivity contribution in [2.45, 2.75) is 32.7 Å². The summed E-state index contributed by atoms with van der Waals surface area (Å²) in [5.41, 5.74) is 1.94. The number of rotatable bonds is 6. The smallest absolute Gasteiger partial charge is 0.397 e. The van der Waals surface area contributed by atoms with Gasteiger partial charge in [0.25, 0.3) is 0 Å². The Balaban J connectivity index is 1.67. The van der Waals surface area contributed by atoms with Crippen LogP contribution in [0.15, 0.2) is 28.8 Å². The molecule has 3 rings (SSSR count). The van der Waals surface area contributed by atoms with Gasteiger partial charge in [-0.15, -0.1) is 0 Å². The third kappa shape index (κ3) is 5.16. The van der Waals surface area contributed by atoms with E-state index in [1.165, 1.54) is 0 Å². The number of aryl methyl sites for hydroxylation is 1. The van der Waals surface area contributed by atoms with Gasteiger partial charge in [-0.3, -0.25) is 4.79 Å². The molecule has 2 N–H and O–H groups in total. The molecule has 0 atom stereocenters. The minimum Gasteiger partial charge on any atom is -0.484 e. The standard InChI is InChI=1S/C17H15ClF3N3O3/c1-9-2-12(27-24-9)8-26-15-5-14-10(4-13(15)18)3-11(23-14)7-22-16(25)6-17(19,20)21/h2-5,23H,6-8H2,1H3,(H,22,25). The van der Waals surface area contributed by atoms with Crippen LogP contribution in [0.5, 0.6) is 5.75 Å². The molecule has 0 aliphatic carbocycles. The number of aromatic nitrogens is 2. The van der Waals surface area contributed by atoms with Gasteiger partial charge in [0.15, 0.2) is 5.76 Å². The highest BCUT2D eigenvalue weighted by Crippen LogP contribution is 2.31. The molecule has 0 saturated carbocycles. The van der Waals surface area contributed by atoms with Crippen LogP contribution in [0.3, 0.4) is 0 Å². The van der Waals surface area contributed by atoms with Crippen molar-refractivity contribution in [1.29, 1.82) is 0 Å². The summed E-state index contributed by atoms with van der Waals surface area (Å²) in [5.74, 6) is -0.137. The van der Waals surface area contributed by atoms with Crippen molar-refractivity contribution in [3.8, 4) is 5.75 Å². The van der Waals surface area contributed by atoms with Gasteiger partial charge in [0.2, 0.25) is 5.91 Å². The van der Waals surface area contributed by atoms with Crippen LogP contribution >= 0.6 is 11.6 Å². The number of nitrogens with zero attached hydrogens (tertiary/aromatic N) is 1. The molecule has 2 aromatic heterocycles. The lowest BCUT2D eigenvalue weighted by atomic mass is 10.2.